The highest BCUT2D eigenvalue weighted by atomic mass is 19.4. The number of carboxylic acid groups (broad SMARTS) is 1. The highest BCUT2D eigenvalue weighted by molar-refractivity contribution is 5.66. The lowest BCUT2D eigenvalue weighted by Crippen LogP contribution is -2.28. The Morgan fingerprint density at radius 2 is 1.91 bits per heavy atom. The van der Waals surface area contributed by atoms with Crippen LogP contribution in [0, 0.1) is 0 Å². The van der Waals surface area contributed by atoms with Gasteiger partial charge in [0.05, 0.1) is 0 Å². The van der Waals surface area contributed by atoms with Gasteiger partial charge in [-0.1, -0.05) is 0 Å². The summed E-state index contributed by atoms with van der Waals surface area (Å²) < 4.78 is 34.4. The lowest BCUT2D eigenvalue weighted by molar-refractivity contribution is -0.206. The molecule has 0 aromatic carbocycles. The van der Waals surface area contributed by atoms with Crippen LogP contribution < -0.4 is 0 Å². The number of carbonyl (C=O) groups is 1. The van der Waals surface area contributed by atoms with Crippen molar-refractivity contribution in [3.05, 3.63) is 0 Å². The highest BCUT2D eigenvalue weighted by Gasteiger charge is 2.37. The third kappa shape index (κ3) is 4.60. The summed E-state index contributed by atoms with van der Waals surface area (Å²) in [5.41, 5.74) is 0. The Morgan fingerprint density at radius 3 is 2.18 bits per heavy atom. The van der Waals surface area contributed by atoms with Crippen molar-refractivity contribution in [2.75, 3.05) is 0 Å². The van der Waals surface area contributed by atoms with E-state index in [2.05, 4.69) is 0 Å². The molecule has 0 radical (unpaired) electrons. The predicted molar refractivity (Wildman–Crippen MR) is 28.9 cm³/mol. The van der Waals surface area contributed by atoms with Gasteiger partial charge >= 0.3 is 12.1 Å². The van der Waals surface area contributed by atoms with Gasteiger partial charge in [-0.05, 0) is 6.42 Å². The highest BCUT2D eigenvalue weighted by Crippen LogP contribution is 2.22. The zero-order valence-electron chi connectivity index (χ0n) is 5.43. The Bertz CT molecular complexity index is 142. The molecule has 0 aliphatic carbocycles. The summed E-state index contributed by atoms with van der Waals surface area (Å²) in [6, 6.07) is 0. The molecule has 0 rings (SSSR count). The van der Waals surface area contributed by atoms with E-state index in [-0.39, 0.29) is 0 Å². The minimum Gasteiger partial charge on any atom is -0.481 e. The van der Waals surface area contributed by atoms with E-state index in [1.54, 1.807) is 0 Å². The van der Waals surface area contributed by atoms with Crippen LogP contribution in [-0.2, 0) is 4.79 Å². The summed E-state index contributed by atoms with van der Waals surface area (Å²) in [6.45, 7) is 0. The number of aliphatic carboxylic acids is 1. The van der Waals surface area contributed by atoms with Gasteiger partial charge in [0.15, 0.2) is 0 Å². The monoisotopic (exact) mass is 172 g/mol. The zero-order valence-corrected chi connectivity index (χ0v) is 5.43. The number of aliphatic hydroxyl groups excluding tert-OH is 1. The quantitative estimate of drug-likeness (QED) is 0.661. The van der Waals surface area contributed by atoms with Gasteiger partial charge in [0.2, 0.25) is 0 Å². The van der Waals surface area contributed by atoms with Gasteiger partial charge in [-0.25, -0.2) is 0 Å². The molecule has 0 spiro atoms. The van der Waals surface area contributed by atoms with E-state index in [1.807, 2.05) is 0 Å². The molecule has 2 N–H and O–H groups in total. The van der Waals surface area contributed by atoms with Crippen LogP contribution in [0.5, 0.6) is 0 Å². The topological polar surface area (TPSA) is 57.5 Å². The van der Waals surface area contributed by atoms with Crippen LogP contribution in [0.15, 0.2) is 0 Å². The van der Waals surface area contributed by atoms with Crippen LogP contribution in [0.25, 0.3) is 0 Å². The van der Waals surface area contributed by atoms with Gasteiger partial charge in [-0.2, -0.15) is 13.2 Å². The maximum absolute atomic E-state index is 11.5. The first-order valence-corrected chi connectivity index (χ1v) is 2.80. The number of carboxylic acids is 1. The molecule has 66 valence electrons. The van der Waals surface area contributed by atoms with Crippen molar-refractivity contribution in [3.63, 3.8) is 0 Å². The minimum atomic E-state index is -4.71. The average molecular weight is 172 g/mol. The number of rotatable bonds is 3. The molecule has 0 aliphatic heterocycles. The Hall–Kier alpha value is -0.780. The molecule has 0 aromatic heterocycles. The van der Waals surface area contributed by atoms with E-state index >= 15 is 0 Å². The predicted octanol–water partition coefficient (Wildman–Crippen LogP) is 0.774. The Kier molecular flexibility index (Phi) is 3.31. The first-order valence-electron chi connectivity index (χ1n) is 2.80. The molecule has 0 saturated carbocycles. The van der Waals surface area contributed by atoms with E-state index in [0.717, 1.165) is 0 Å². The molecule has 11 heavy (non-hydrogen) atoms. The Balaban J connectivity index is 3.70. The summed E-state index contributed by atoms with van der Waals surface area (Å²) in [6.07, 6.45) is -8.71. The van der Waals surface area contributed by atoms with E-state index in [4.69, 9.17) is 10.2 Å². The molecule has 0 unspecified atom stereocenters. The van der Waals surface area contributed by atoms with E-state index in [0.29, 0.717) is 0 Å². The largest absolute Gasteiger partial charge is 0.481 e. The molecule has 0 aromatic rings. The van der Waals surface area contributed by atoms with Crippen LogP contribution in [0.3, 0.4) is 0 Å². The average Bonchev–Trinajstić information content (AvgIpc) is 1.80. The van der Waals surface area contributed by atoms with Crippen molar-refractivity contribution in [2.24, 2.45) is 0 Å². The number of hydrogen-bond donors (Lipinski definition) is 2. The van der Waals surface area contributed by atoms with Gasteiger partial charge in [-0.3, -0.25) is 4.79 Å². The molecular formula is C5H7F3O3. The molecule has 0 saturated heterocycles. The van der Waals surface area contributed by atoms with Gasteiger partial charge in [0, 0.05) is 6.42 Å². The number of hydrogen-bond acceptors (Lipinski definition) is 2. The molecule has 0 amide bonds. The summed E-state index contributed by atoms with van der Waals surface area (Å²) in [5.74, 6) is -1.35. The normalized spacial score (nSPS) is 14.5. The second-order valence-electron chi connectivity index (χ2n) is 1.99. The molecule has 6 heteroatoms. The van der Waals surface area contributed by atoms with Gasteiger partial charge in [0.1, 0.15) is 6.10 Å². The summed E-state index contributed by atoms with van der Waals surface area (Å²) in [4.78, 5) is 9.75. The molecular weight excluding hydrogens is 165 g/mol. The van der Waals surface area contributed by atoms with Crippen LogP contribution in [-0.4, -0.2) is 28.5 Å². The molecule has 0 bridgehead atoms. The van der Waals surface area contributed by atoms with Gasteiger partial charge < -0.3 is 10.2 Å². The molecule has 0 fully saturated rings. The van der Waals surface area contributed by atoms with E-state index < -0.39 is 31.1 Å². The fourth-order valence-corrected chi connectivity index (χ4v) is 0.424. The van der Waals surface area contributed by atoms with Crippen molar-refractivity contribution < 1.29 is 28.2 Å². The number of alkyl halides is 3. The van der Waals surface area contributed by atoms with E-state index in [1.165, 1.54) is 0 Å². The Labute approximate surface area is 60.4 Å². The SMILES string of the molecule is O=C(O)CC[C@H](O)C(F)(F)F. The first-order chi connectivity index (χ1) is 4.84. The van der Waals surface area contributed by atoms with Crippen molar-refractivity contribution >= 4 is 5.97 Å². The fourth-order valence-electron chi connectivity index (χ4n) is 0.424. The zero-order chi connectivity index (χ0) is 9.07. The number of halogens is 3. The third-order valence-corrected chi connectivity index (χ3v) is 1.01. The molecule has 0 heterocycles. The molecule has 3 nitrogen and oxygen atoms in total. The lowest BCUT2D eigenvalue weighted by Gasteiger charge is -2.12. The fraction of sp³-hybridized carbons (Fsp3) is 0.800. The van der Waals surface area contributed by atoms with Crippen LogP contribution in [0.4, 0.5) is 13.2 Å². The molecule has 1 atom stereocenters. The molecule has 0 aliphatic rings. The second kappa shape index (κ2) is 3.56. The smallest absolute Gasteiger partial charge is 0.414 e. The summed E-state index contributed by atoms with van der Waals surface area (Å²) >= 11 is 0. The summed E-state index contributed by atoms with van der Waals surface area (Å²) in [5, 5.41) is 16.2. The number of aliphatic hydroxyl groups is 1. The van der Waals surface area contributed by atoms with Gasteiger partial charge in [0.25, 0.3) is 0 Å². The van der Waals surface area contributed by atoms with Gasteiger partial charge in [-0.15, -0.1) is 0 Å². The van der Waals surface area contributed by atoms with Crippen molar-refractivity contribution in [3.8, 4) is 0 Å². The van der Waals surface area contributed by atoms with Crippen LogP contribution in [0.2, 0.25) is 0 Å². The van der Waals surface area contributed by atoms with Crippen molar-refractivity contribution in [1.82, 2.24) is 0 Å². The maximum atomic E-state index is 11.5. The van der Waals surface area contributed by atoms with Crippen LogP contribution >= 0.6 is 0 Å². The minimum absolute atomic E-state index is 0.680. The maximum Gasteiger partial charge on any atom is 0.414 e. The second-order valence-corrected chi connectivity index (χ2v) is 1.99. The van der Waals surface area contributed by atoms with E-state index in [9.17, 15) is 18.0 Å². The lowest BCUT2D eigenvalue weighted by atomic mass is 10.2. The van der Waals surface area contributed by atoms with Crippen molar-refractivity contribution in [1.29, 1.82) is 0 Å². The first kappa shape index (κ1) is 10.2. The standard InChI is InChI=1S/C5H7F3O3/c6-5(7,8)3(9)1-2-4(10)11/h3,9H,1-2H2,(H,10,11)/t3-/m0/s1. The summed E-state index contributed by atoms with van der Waals surface area (Å²) in [7, 11) is 0. The third-order valence-electron chi connectivity index (χ3n) is 1.01. The van der Waals surface area contributed by atoms with Crippen LogP contribution in [0.1, 0.15) is 12.8 Å². The van der Waals surface area contributed by atoms with Crippen molar-refractivity contribution in [2.45, 2.75) is 25.1 Å². The Morgan fingerprint density at radius 1 is 1.45 bits per heavy atom.